The highest BCUT2D eigenvalue weighted by atomic mass is 16.5. The van der Waals surface area contributed by atoms with Gasteiger partial charge in [0, 0.05) is 18.2 Å². The molecule has 28 heavy (non-hydrogen) atoms. The third-order valence-electron chi connectivity index (χ3n) is 5.21. The van der Waals surface area contributed by atoms with Crippen molar-refractivity contribution in [3.63, 3.8) is 0 Å². The van der Waals surface area contributed by atoms with Crippen LogP contribution in [0.3, 0.4) is 0 Å². The predicted molar refractivity (Wildman–Crippen MR) is 103 cm³/mol. The molecule has 2 aliphatic rings. The van der Waals surface area contributed by atoms with Gasteiger partial charge in [0.2, 0.25) is 0 Å². The van der Waals surface area contributed by atoms with Crippen LogP contribution >= 0.6 is 0 Å². The van der Waals surface area contributed by atoms with Crippen molar-refractivity contribution in [2.75, 3.05) is 32.8 Å². The lowest BCUT2D eigenvalue weighted by Crippen LogP contribution is -2.47. The minimum Gasteiger partial charge on any atom is -0.463 e. The number of para-hydroxylation sites is 2. The van der Waals surface area contributed by atoms with Gasteiger partial charge in [0.05, 0.1) is 18.7 Å². The topological polar surface area (TPSA) is 96.7 Å². The lowest BCUT2D eigenvalue weighted by molar-refractivity contribution is -0.138. The molecule has 1 fully saturated rings. The Morgan fingerprint density at radius 1 is 1.32 bits per heavy atom. The number of ether oxygens (including phenoxy) is 1. The summed E-state index contributed by atoms with van der Waals surface area (Å²) in [6.45, 7) is 4.46. The maximum atomic E-state index is 12.2. The molecular weight excluding hydrogens is 360 g/mol. The third-order valence-corrected chi connectivity index (χ3v) is 5.21. The summed E-state index contributed by atoms with van der Waals surface area (Å²) in [7, 11) is 0. The second kappa shape index (κ2) is 8.02. The molecule has 8 heteroatoms. The first-order chi connectivity index (χ1) is 13.6. The largest absolute Gasteiger partial charge is 0.463 e. The molecule has 0 aliphatic carbocycles. The highest BCUT2D eigenvalue weighted by Gasteiger charge is 2.28. The van der Waals surface area contributed by atoms with E-state index in [1.165, 1.54) is 0 Å². The van der Waals surface area contributed by atoms with Gasteiger partial charge in [0.1, 0.15) is 5.52 Å². The van der Waals surface area contributed by atoms with Gasteiger partial charge in [0.15, 0.2) is 11.5 Å². The Morgan fingerprint density at radius 3 is 2.86 bits per heavy atom. The Hall–Kier alpha value is -2.87. The van der Waals surface area contributed by atoms with Crippen molar-refractivity contribution in [1.29, 1.82) is 0 Å². The first-order valence-corrected chi connectivity index (χ1v) is 9.66. The number of piperidine rings is 1. The zero-order valence-corrected chi connectivity index (χ0v) is 15.9. The van der Waals surface area contributed by atoms with Crippen LogP contribution in [0.15, 0.2) is 40.0 Å². The van der Waals surface area contributed by atoms with Gasteiger partial charge in [-0.3, -0.25) is 4.90 Å². The number of urea groups is 1. The molecule has 2 aliphatic heterocycles. The Morgan fingerprint density at radius 2 is 2.11 bits per heavy atom. The van der Waals surface area contributed by atoms with E-state index in [9.17, 15) is 9.59 Å². The summed E-state index contributed by atoms with van der Waals surface area (Å²) in [4.78, 5) is 30.7. The van der Waals surface area contributed by atoms with E-state index in [-0.39, 0.29) is 24.5 Å². The summed E-state index contributed by atoms with van der Waals surface area (Å²) in [6.07, 6.45) is 1.84. The van der Waals surface area contributed by atoms with Crippen LogP contribution < -0.4 is 10.6 Å². The molecule has 0 spiro atoms. The van der Waals surface area contributed by atoms with Crippen molar-refractivity contribution >= 4 is 23.1 Å². The second-order valence-electron chi connectivity index (χ2n) is 7.06. The highest BCUT2D eigenvalue weighted by Crippen LogP contribution is 2.30. The Kier molecular flexibility index (Phi) is 5.29. The van der Waals surface area contributed by atoms with E-state index in [1.807, 2.05) is 24.3 Å². The number of nitrogens with one attached hydrogen (secondary N) is 2. The van der Waals surface area contributed by atoms with Crippen LogP contribution in [0.25, 0.3) is 11.1 Å². The fourth-order valence-electron chi connectivity index (χ4n) is 3.71. The smallest absolute Gasteiger partial charge is 0.337 e. The second-order valence-corrected chi connectivity index (χ2v) is 7.06. The molecule has 3 heterocycles. The number of benzene rings is 1. The van der Waals surface area contributed by atoms with E-state index in [0.717, 1.165) is 42.9 Å². The number of hydrogen-bond donors (Lipinski definition) is 2. The molecule has 0 radical (unpaired) electrons. The number of oxazole rings is 1. The van der Waals surface area contributed by atoms with Crippen LogP contribution in [0, 0.1) is 0 Å². The van der Waals surface area contributed by atoms with Crippen molar-refractivity contribution in [3.8, 4) is 0 Å². The average molecular weight is 384 g/mol. The normalized spacial score (nSPS) is 18.8. The molecule has 4 rings (SSSR count). The summed E-state index contributed by atoms with van der Waals surface area (Å²) < 4.78 is 11.0. The molecule has 2 amide bonds. The molecule has 148 valence electrons. The van der Waals surface area contributed by atoms with E-state index in [4.69, 9.17) is 9.15 Å². The standard InChI is InChI=1S/C20H24N4O4/c1-2-27-19(25)14-11-21-20(26)23-16(14)12-24-9-7-13(8-10-24)18-22-15-5-3-4-6-17(15)28-18/h3-6,13H,2,7-12H2,1H3,(H2,21,23,26). The van der Waals surface area contributed by atoms with Gasteiger partial charge >= 0.3 is 12.0 Å². The summed E-state index contributed by atoms with van der Waals surface area (Å²) in [5.74, 6) is 0.693. The number of fused-ring (bicyclic) bond motifs is 1. The minimum absolute atomic E-state index is 0.194. The first-order valence-electron chi connectivity index (χ1n) is 9.66. The zero-order chi connectivity index (χ0) is 19.5. The monoisotopic (exact) mass is 384 g/mol. The maximum absolute atomic E-state index is 12.2. The summed E-state index contributed by atoms with van der Waals surface area (Å²) in [5, 5.41) is 5.40. The Balaban J connectivity index is 1.41. The molecular formula is C20H24N4O4. The van der Waals surface area contributed by atoms with Crippen LogP contribution in [-0.4, -0.2) is 54.7 Å². The quantitative estimate of drug-likeness (QED) is 0.767. The Labute approximate surface area is 162 Å². The van der Waals surface area contributed by atoms with Gasteiger partial charge < -0.3 is 19.8 Å². The summed E-state index contributed by atoms with van der Waals surface area (Å²) in [6, 6.07) is 7.51. The lowest BCUT2D eigenvalue weighted by Gasteiger charge is -2.32. The molecule has 1 aromatic heterocycles. The molecule has 0 saturated carbocycles. The van der Waals surface area contributed by atoms with E-state index >= 15 is 0 Å². The van der Waals surface area contributed by atoms with Crippen LogP contribution in [0.1, 0.15) is 31.6 Å². The number of rotatable bonds is 5. The maximum Gasteiger partial charge on any atom is 0.337 e. The predicted octanol–water partition coefficient (Wildman–Crippen LogP) is 2.14. The van der Waals surface area contributed by atoms with Gasteiger partial charge in [-0.15, -0.1) is 0 Å². The number of hydrogen-bond acceptors (Lipinski definition) is 6. The number of aromatic nitrogens is 1. The van der Waals surface area contributed by atoms with Gasteiger partial charge in [-0.2, -0.15) is 0 Å². The van der Waals surface area contributed by atoms with Crippen molar-refractivity contribution in [2.24, 2.45) is 0 Å². The molecule has 8 nitrogen and oxygen atoms in total. The van der Waals surface area contributed by atoms with E-state index < -0.39 is 0 Å². The van der Waals surface area contributed by atoms with E-state index in [0.29, 0.717) is 24.4 Å². The van der Waals surface area contributed by atoms with Gasteiger partial charge in [0.25, 0.3) is 0 Å². The number of likely N-dealkylation sites (tertiary alicyclic amines) is 1. The summed E-state index contributed by atoms with van der Waals surface area (Å²) in [5.41, 5.74) is 2.83. The molecule has 1 saturated heterocycles. The van der Waals surface area contributed by atoms with Crippen LogP contribution in [0.4, 0.5) is 4.79 Å². The van der Waals surface area contributed by atoms with Crippen LogP contribution in [-0.2, 0) is 9.53 Å². The van der Waals surface area contributed by atoms with Gasteiger partial charge in [-0.25, -0.2) is 14.6 Å². The molecule has 0 bridgehead atoms. The zero-order valence-electron chi connectivity index (χ0n) is 15.9. The fourth-order valence-corrected chi connectivity index (χ4v) is 3.71. The molecule has 2 N–H and O–H groups in total. The number of nitrogens with zero attached hydrogens (tertiary/aromatic N) is 2. The van der Waals surface area contributed by atoms with E-state index in [1.54, 1.807) is 6.92 Å². The van der Waals surface area contributed by atoms with Crippen molar-refractivity contribution < 1.29 is 18.7 Å². The van der Waals surface area contributed by atoms with Crippen molar-refractivity contribution in [1.82, 2.24) is 20.5 Å². The number of carbonyl (C=O) groups excluding carboxylic acids is 2. The molecule has 2 aromatic rings. The molecule has 0 unspecified atom stereocenters. The molecule has 0 atom stereocenters. The number of amides is 2. The van der Waals surface area contributed by atoms with E-state index in [2.05, 4.69) is 20.5 Å². The van der Waals surface area contributed by atoms with Crippen molar-refractivity contribution in [3.05, 3.63) is 41.4 Å². The summed E-state index contributed by atoms with van der Waals surface area (Å²) >= 11 is 0. The SMILES string of the molecule is CCOC(=O)C1=C(CN2CCC(c3nc4ccccc4o3)CC2)NC(=O)NC1. The molecule has 1 aromatic carbocycles. The van der Waals surface area contributed by atoms with Gasteiger partial charge in [-0.1, -0.05) is 12.1 Å². The van der Waals surface area contributed by atoms with Crippen molar-refractivity contribution in [2.45, 2.75) is 25.7 Å². The minimum atomic E-state index is -0.383. The number of carbonyl (C=O) groups is 2. The Bertz CT molecular complexity index is 879. The highest BCUT2D eigenvalue weighted by molar-refractivity contribution is 5.93. The van der Waals surface area contributed by atoms with Crippen LogP contribution in [0.5, 0.6) is 0 Å². The fraction of sp³-hybridized carbons (Fsp3) is 0.450. The lowest BCUT2D eigenvalue weighted by atomic mass is 9.96. The van der Waals surface area contributed by atoms with Gasteiger partial charge in [-0.05, 0) is 45.0 Å². The number of esters is 1. The average Bonchev–Trinajstić information content (AvgIpc) is 3.13. The first kappa shape index (κ1) is 18.5. The van der Waals surface area contributed by atoms with Crippen LogP contribution in [0.2, 0.25) is 0 Å². The third kappa shape index (κ3) is 3.87.